The van der Waals surface area contributed by atoms with E-state index in [0.717, 1.165) is 5.56 Å². The second-order valence-corrected chi connectivity index (χ2v) is 6.96. The molecule has 0 spiro atoms. The van der Waals surface area contributed by atoms with Gasteiger partial charge in [-0.3, -0.25) is 9.78 Å². The first kappa shape index (κ1) is 18.8. The Kier molecular flexibility index (Phi) is 4.81. The van der Waals surface area contributed by atoms with Gasteiger partial charge in [0.15, 0.2) is 5.65 Å². The van der Waals surface area contributed by atoms with Gasteiger partial charge in [-0.1, -0.05) is 29.8 Å². The van der Waals surface area contributed by atoms with Crippen molar-refractivity contribution in [1.82, 2.24) is 29.8 Å². The molecule has 1 aromatic carbocycles. The van der Waals surface area contributed by atoms with Crippen LogP contribution in [0.1, 0.15) is 10.4 Å². The number of carbonyl (C=O) groups is 1. The van der Waals surface area contributed by atoms with E-state index in [1.165, 1.54) is 6.20 Å². The van der Waals surface area contributed by atoms with E-state index in [1.807, 2.05) is 48.5 Å². The summed E-state index contributed by atoms with van der Waals surface area (Å²) < 4.78 is 1.65. The molecule has 31 heavy (non-hydrogen) atoms. The monoisotopic (exact) mass is 427 g/mol. The highest BCUT2D eigenvalue weighted by atomic mass is 35.5. The maximum Gasteiger partial charge on any atom is 0.258 e. The second-order valence-electron chi connectivity index (χ2n) is 6.60. The maximum absolute atomic E-state index is 12.5. The smallest absolute Gasteiger partial charge is 0.258 e. The van der Waals surface area contributed by atoms with Crippen LogP contribution in [-0.4, -0.2) is 35.7 Å². The number of pyridine rings is 2. The maximum atomic E-state index is 12.5. The molecule has 0 bridgehead atoms. The summed E-state index contributed by atoms with van der Waals surface area (Å²) in [6.07, 6.45) is 3.23. The van der Waals surface area contributed by atoms with Crippen molar-refractivity contribution in [3.63, 3.8) is 0 Å². The second kappa shape index (κ2) is 7.92. The lowest BCUT2D eigenvalue weighted by atomic mass is 10.1. The van der Waals surface area contributed by atoms with E-state index in [0.29, 0.717) is 34.1 Å². The average Bonchev–Trinajstić information content (AvgIpc) is 3.23. The molecule has 0 saturated heterocycles. The van der Waals surface area contributed by atoms with Crippen molar-refractivity contribution in [2.45, 2.75) is 0 Å². The van der Waals surface area contributed by atoms with Crippen molar-refractivity contribution >= 4 is 28.8 Å². The van der Waals surface area contributed by atoms with Gasteiger partial charge in [-0.15, -0.1) is 10.2 Å². The summed E-state index contributed by atoms with van der Waals surface area (Å²) in [5, 5.41) is 16.1. The Morgan fingerprint density at radius 2 is 1.77 bits per heavy atom. The first-order valence-corrected chi connectivity index (χ1v) is 9.73. The Balaban J connectivity index is 1.48. The molecule has 0 radical (unpaired) electrons. The molecule has 4 heterocycles. The fraction of sp³-hybridized carbons (Fsp3) is 0. The Morgan fingerprint density at radius 3 is 2.61 bits per heavy atom. The standard InChI is InChI=1S/C22H14ClN7O/c23-20-16(7-4-12-25-20)22(31)26-15-6-3-5-14(13-15)17-9-10-19-27-28-21(30(19)29-17)18-8-1-2-11-24-18/h1-13H,(H,26,31). The van der Waals surface area contributed by atoms with Crippen molar-refractivity contribution in [1.29, 1.82) is 0 Å². The molecule has 0 unspecified atom stereocenters. The highest BCUT2D eigenvalue weighted by Crippen LogP contribution is 2.23. The Labute approximate surface area is 181 Å². The molecule has 150 valence electrons. The highest BCUT2D eigenvalue weighted by Gasteiger charge is 2.13. The van der Waals surface area contributed by atoms with Crippen LogP contribution in [-0.2, 0) is 0 Å². The molecule has 1 amide bonds. The zero-order valence-corrected chi connectivity index (χ0v) is 16.7. The van der Waals surface area contributed by atoms with E-state index in [1.54, 1.807) is 28.9 Å². The summed E-state index contributed by atoms with van der Waals surface area (Å²) in [4.78, 5) is 20.8. The molecule has 0 fully saturated rings. The zero-order chi connectivity index (χ0) is 21.2. The molecule has 0 saturated carbocycles. The minimum Gasteiger partial charge on any atom is -0.322 e. The number of fused-ring (bicyclic) bond motifs is 1. The van der Waals surface area contributed by atoms with Gasteiger partial charge in [0.05, 0.1) is 11.3 Å². The van der Waals surface area contributed by atoms with E-state index >= 15 is 0 Å². The molecule has 1 N–H and O–H groups in total. The summed E-state index contributed by atoms with van der Waals surface area (Å²) in [5.41, 5.74) is 3.71. The number of rotatable bonds is 4. The highest BCUT2D eigenvalue weighted by molar-refractivity contribution is 6.33. The third kappa shape index (κ3) is 3.72. The fourth-order valence-corrected chi connectivity index (χ4v) is 3.31. The number of halogens is 1. The zero-order valence-electron chi connectivity index (χ0n) is 16.0. The number of aromatic nitrogens is 6. The van der Waals surface area contributed by atoms with E-state index < -0.39 is 0 Å². The van der Waals surface area contributed by atoms with E-state index in [9.17, 15) is 4.79 Å². The van der Waals surface area contributed by atoms with E-state index in [-0.39, 0.29) is 11.1 Å². The van der Waals surface area contributed by atoms with Gasteiger partial charge < -0.3 is 5.32 Å². The summed E-state index contributed by atoms with van der Waals surface area (Å²) in [7, 11) is 0. The van der Waals surface area contributed by atoms with Crippen LogP contribution in [0, 0.1) is 0 Å². The molecule has 4 aromatic heterocycles. The molecule has 0 aliphatic rings. The van der Waals surface area contributed by atoms with E-state index in [2.05, 4.69) is 30.6 Å². The van der Waals surface area contributed by atoms with Crippen LogP contribution in [0.4, 0.5) is 5.69 Å². The summed E-state index contributed by atoms with van der Waals surface area (Å²) >= 11 is 6.02. The van der Waals surface area contributed by atoms with Crippen molar-refractivity contribution in [3.05, 3.63) is 89.8 Å². The molecule has 8 nitrogen and oxygen atoms in total. The van der Waals surface area contributed by atoms with Gasteiger partial charge in [-0.25, -0.2) is 4.98 Å². The number of benzene rings is 1. The van der Waals surface area contributed by atoms with Gasteiger partial charge >= 0.3 is 0 Å². The van der Waals surface area contributed by atoms with Gasteiger partial charge in [0.25, 0.3) is 5.91 Å². The van der Waals surface area contributed by atoms with Crippen LogP contribution in [0.15, 0.2) is 79.1 Å². The first-order chi connectivity index (χ1) is 15.2. The number of anilines is 1. The molecular weight excluding hydrogens is 414 g/mol. The molecule has 0 aliphatic heterocycles. The molecule has 9 heteroatoms. The predicted molar refractivity (Wildman–Crippen MR) is 117 cm³/mol. The third-order valence-corrected chi connectivity index (χ3v) is 4.88. The number of nitrogens with zero attached hydrogens (tertiary/aromatic N) is 6. The SMILES string of the molecule is O=C(Nc1cccc(-c2ccc3nnc(-c4ccccn4)n3n2)c1)c1cccnc1Cl. The van der Waals surface area contributed by atoms with Crippen molar-refractivity contribution in [2.24, 2.45) is 0 Å². The Hall–Kier alpha value is -4.17. The Bertz CT molecular complexity index is 1400. The van der Waals surface area contributed by atoms with Crippen molar-refractivity contribution < 1.29 is 4.79 Å². The van der Waals surface area contributed by atoms with Crippen molar-refractivity contribution in [2.75, 3.05) is 5.32 Å². The molecule has 5 rings (SSSR count). The van der Waals surface area contributed by atoms with Crippen molar-refractivity contribution in [3.8, 4) is 22.8 Å². The topological polar surface area (TPSA) is 98.0 Å². The van der Waals surface area contributed by atoms with Gasteiger partial charge in [0, 0.05) is 23.6 Å². The largest absolute Gasteiger partial charge is 0.322 e. The number of hydrogen-bond acceptors (Lipinski definition) is 6. The number of carbonyl (C=O) groups excluding carboxylic acids is 1. The minimum atomic E-state index is -0.338. The number of nitrogens with one attached hydrogen (secondary N) is 1. The van der Waals surface area contributed by atoms with Gasteiger partial charge in [0.1, 0.15) is 10.8 Å². The summed E-state index contributed by atoms with van der Waals surface area (Å²) in [5.74, 6) is 0.211. The Morgan fingerprint density at radius 1 is 0.871 bits per heavy atom. The van der Waals surface area contributed by atoms with Crippen LogP contribution in [0.3, 0.4) is 0 Å². The average molecular weight is 428 g/mol. The van der Waals surface area contributed by atoms with Crippen LogP contribution >= 0.6 is 11.6 Å². The first-order valence-electron chi connectivity index (χ1n) is 9.35. The van der Waals surface area contributed by atoms with Crippen LogP contribution in [0.25, 0.3) is 28.4 Å². The number of amides is 1. The molecule has 5 aromatic rings. The lowest BCUT2D eigenvalue weighted by molar-refractivity contribution is 0.102. The van der Waals surface area contributed by atoms with Gasteiger partial charge in [-0.2, -0.15) is 9.61 Å². The predicted octanol–water partition coefficient (Wildman–Crippen LogP) is 4.15. The molecule has 0 aliphatic carbocycles. The van der Waals surface area contributed by atoms with Crippen LogP contribution in [0.2, 0.25) is 5.15 Å². The van der Waals surface area contributed by atoms with Crippen LogP contribution < -0.4 is 5.32 Å². The summed E-state index contributed by atoms with van der Waals surface area (Å²) in [6, 6.07) is 19.9. The minimum absolute atomic E-state index is 0.151. The van der Waals surface area contributed by atoms with Gasteiger partial charge in [0.2, 0.25) is 5.82 Å². The summed E-state index contributed by atoms with van der Waals surface area (Å²) in [6.45, 7) is 0. The fourth-order valence-electron chi connectivity index (χ4n) is 3.11. The normalized spacial score (nSPS) is 10.9. The van der Waals surface area contributed by atoms with E-state index in [4.69, 9.17) is 11.6 Å². The van der Waals surface area contributed by atoms with Crippen LogP contribution in [0.5, 0.6) is 0 Å². The van der Waals surface area contributed by atoms with Gasteiger partial charge in [-0.05, 0) is 48.5 Å². The number of hydrogen-bond donors (Lipinski definition) is 1. The quantitative estimate of drug-likeness (QED) is 0.432. The molecular formula is C22H14ClN7O. The third-order valence-electron chi connectivity index (χ3n) is 4.58. The lowest BCUT2D eigenvalue weighted by Gasteiger charge is -2.08. The lowest BCUT2D eigenvalue weighted by Crippen LogP contribution is -2.12. The molecule has 0 atom stereocenters.